The summed E-state index contributed by atoms with van der Waals surface area (Å²) in [6.45, 7) is 2.56. The molecule has 90 valence electrons. The zero-order chi connectivity index (χ0) is 12.5. The fourth-order valence-electron chi connectivity index (χ4n) is 2.10. The molecule has 0 unspecified atom stereocenters. The van der Waals surface area contributed by atoms with E-state index in [1.54, 1.807) is 23.7 Å². The number of thiophene rings is 1. The van der Waals surface area contributed by atoms with E-state index in [9.17, 15) is 0 Å². The molecule has 3 nitrogen and oxygen atoms in total. The van der Waals surface area contributed by atoms with Gasteiger partial charge in [0, 0.05) is 35.6 Å². The van der Waals surface area contributed by atoms with Crippen molar-refractivity contribution < 1.29 is 0 Å². The minimum atomic E-state index is 0.552. The van der Waals surface area contributed by atoms with Crippen molar-refractivity contribution in [2.24, 2.45) is 5.73 Å². The number of aryl methyl sites for hydroxylation is 1. The predicted molar refractivity (Wildman–Crippen MR) is 75.5 cm³/mol. The van der Waals surface area contributed by atoms with E-state index in [0.29, 0.717) is 6.54 Å². The molecule has 3 aromatic heterocycles. The summed E-state index contributed by atoms with van der Waals surface area (Å²) in [7, 11) is 0. The first kappa shape index (κ1) is 11.3. The number of nitrogens with zero attached hydrogens (tertiary/aromatic N) is 2. The topological polar surface area (TPSA) is 51.8 Å². The number of aromatic nitrogens is 2. The van der Waals surface area contributed by atoms with Gasteiger partial charge >= 0.3 is 0 Å². The molecule has 2 N–H and O–H groups in total. The van der Waals surface area contributed by atoms with Crippen molar-refractivity contribution in [3.05, 3.63) is 47.2 Å². The molecule has 3 rings (SSSR count). The standard InChI is InChI=1S/C14H13N3S/c1-9-6-11(7-15)14-13(17-9)12(8-18-14)10-2-4-16-5-3-10/h2-6,8H,7,15H2,1H3. The second kappa shape index (κ2) is 4.48. The number of hydrogen-bond acceptors (Lipinski definition) is 4. The molecular weight excluding hydrogens is 242 g/mol. The Morgan fingerprint density at radius 1 is 1.28 bits per heavy atom. The predicted octanol–water partition coefficient (Wildman–Crippen LogP) is 3.13. The third-order valence-electron chi connectivity index (χ3n) is 2.94. The van der Waals surface area contributed by atoms with Crippen LogP contribution in [0.1, 0.15) is 11.3 Å². The summed E-state index contributed by atoms with van der Waals surface area (Å²) in [5.41, 5.74) is 11.3. The van der Waals surface area contributed by atoms with Crippen LogP contribution < -0.4 is 5.73 Å². The maximum absolute atomic E-state index is 5.80. The molecular formula is C14H13N3S. The molecule has 0 bridgehead atoms. The first-order chi connectivity index (χ1) is 8.79. The van der Waals surface area contributed by atoms with Crippen LogP contribution in [-0.2, 0) is 6.54 Å². The first-order valence-corrected chi connectivity index (χ1v) is 6.65. The molecule has 0 aliphatic carbocycles. The molecule has 0 saturated heterocycles. The highest BCUT2D eigenvalue weighted by atomic mass is 32.1. The quantitative estimate of drug-likeness (QED) is 0.765. The first-order valence-electron chi connectivity index (χ1n) is 5.78. The molecule has 3 aromatic rings. The third kappa shape index (κ3) is 1.79. The van der Waals surface area contributed by atoms with Crippen molar-refractivity contribution in [3.8, 4) is 11.1 Å². The maximum Gasteiger partial charge on any atom is 0.0894 e. The molecule has 0 aliphatic heterocycles. The summed E-state index contributed by atoms with van der Waals surface area (Å²) < 4.78 is 1.19. The monoisotopic (exact) mass is 255 g/mol. The van der Waals surface area contributed by atoms with Crippen LogP contribution in [0.25, 0.3) is 21.3 Å². The Morgan fingerprint density at radius 2 is 2.06 bits per heavy atom. The van der Waals surface area contributed by atoms with Gasteiger partial charge in [-0.1, -0.05) is 0 Å². The summed E-state index contributed by atoms with van der Waals surface area (Å²) >= 11 is 1.71. The van der Waals surface area contributed by atoms with Gasteiger partial charge in [0.05, 0.1) is 10.2 Å². The summed E-state index contributed by atoms with van der Waals surface area (Å²) in [6, 6.07) is 6.08. The number of fused-ring (bicyclic) bond motifs is 1. The Bertz CT molecular complexity index is 689. The number of pyridine rings is 2. The smallest absolute Gasteiger partial charge is 0.0894 e. The molecule has 0 fully saturated rings. The summed E-state index contributed by atoms with van der Waals surface area (Å²) in [5.74, 6) is 0. The molecule has 0 atom stereocenters. The van der Waals surface area contributed by atoms with Crippen molar-refractivity contribution in [1.82, 2.24) is 9.97 Å². The average molecular weight is 255 g/mol. The van der Waals surface area contributed by atoms with Gasteiger partial charge in [-0.3, -0.25) is 9.97 Å². The average Bonchev–Trinajstić information content (AvgIpc) is 2.82. The van der Waals surface area contributed by atoms with Crippen molar-refractivity contribution in [3.63, 3.8) is 0 Å². The molecule has 0 radical (unpaired) electrons. The number of rotatable bonds is 2. The van der Waals surface area contributed by atoms with Crippen molar-refractivity contribution >= 4 is 21.6 Å². The lowest BCUT2D eigenvalue weighted by molar-refractivity contribution is 1.07. The molecule has 4 heteroatoms. The molecule has 0 spiro atoms. The molecule has 0 amide bonds. The molecule has 3 heterocycles. The van der Waals surface area contributed by atoms with Crippen molar-refractivity contribution in [2.75, 3.05) is 0 Å². The largest absolute Gasteiger partial charge is 0.326 e. The van der Waals surface area contributed by atoms with Crippen LogP contribution in [0.3, 0.4) is 0 Å². The Kier molecular flexibility index (Phi) is 2.81. The van der Waals surface area contributed by atoms with Crippen molar-refractivity contribution in [2.45, 2.75) is 13.5 Å². The van der Waals surface area contributed by atoms with Crippen LogP contribution in [0.5, 0.6) is 0 Å². The van der Waals surface area contributed by atoms with E-state index in [4.69, 9.17) is 5.73 Å². The van der Waals surface area contributed by atoms with Crippen LogP contribution >= 0.6 is 11.3 Å². The van der Waals surface area contributed by atoms with Crippen molar-refractivity contribution in [1.29, 1.82) is 0 Å². The zero-order valence-electron chi connectivity index (χ0n) is 10.1. The lowest BCUT2D eigenvalue weighted by Gasteiger charge is -2.03. The minimum Gasteiger partial charge on any atom is -0.326 e. The van der Waals surface area contributed by atoms with E-state index in [1.807, 2.05) is 19.1 Å². The second-order valence-corrected chi connectivity index (χ2v) is 5.07. The molecule has 0 aromatic carbocycles. The van der Waals surface area contributed by atoms with Gasteiger partial charge in [0.15, 0.2) is 0 Å². The maximum atomic E-state index is 5.80. The fraction of sp³-hybridized carbons (Fsp3) is 0.143. The summed E-state index contributed by atoms with van der Waals surface area (Å²) in [5, 5.41) is 2.14. The van der Waals surface area contributed by atoms with Gasteiger partial charge in [-0.05, 0) is 36.2 Å². The SMILES string of the molecule is Cc1cc(CN)c2scc(-c3ccncc3)c2n1. The van der Waals surface area contributed by atoms with Gasteiger partial charge in [0.2, 0.25) is 0 Å². The summed E-state index contributed by atoms with van der Waals surface area (Å²) in [6.07, 6.45) is 3.61. The zero-order valence-corrected chi connectivity index (χ0v) is 10.9. The highest BCUT2D eigenvalue weighted by molar-refractivity contribution is 7.17. The Hall–Kier alpha value is -1.78. The van der Waals surface area contributed by atoms with Crippen LogP contribution in [0.4, 0.5) is 0 Å². The van der Waals surface area contributed by atoms with E-state index in [-0.39, 0.29) is 0 Å². The molecule has 0 saturated carbocycles. The fourth-order valence-corrected chi connectivity index (χ4v) is 3.15. The van der Waals surface area contributed by atoms with Gasteiger partial charge in [-0.15, -0.1) is 11.3 Å². The van der Waals surface area contributed by atoms with Gasteiger partial charge in [-0.2, -0.15) is 0 Å². The minimum absolute atomic E-state index is 0.552. The van der Waals surface area contributed by atoms with Gasteiger partial charge in [0.1, 0.15) is 0 Å². The normalized spacial score (nSPS) is 11.0. The van der Waals surface area contributed by atoms with Crippen LogP contribution in [-0.4, -0.2) is 9.97 Å². The summed E-state index contributed by atoms with van der Waals surface area (Å²) in [4.78, 5) is 8.70. The lowest BCUT2D eigenvalue weighted by Crippen LogP contribution is -1.98. The van der Waals surface area contributed by atoms with Crippen LogP contribution in [0, 0.1) is 6.92 Å². The molecule has 0 aliphatic rings. The molecule has 18 heavy (non-hydrogen) atoms. The van der Waals surface area contributed by atoms with E-state index in [2.05, 4.69) is 21.4 Å². The van der Waals surface area contributed by atoms with Gasteiger partial charge in [-0.25, -0.2) is 0 Å². The third-order valence-corrected chi connectivity index (χ3v) is 3.98. The van der Waals surface area contributed by atoms with Crippen LogP contribution in [0.2, 0.25) is 0 Å². The van der Waals surface area contributed by atoms with E-state index >= 15 is 0 Å². The Balaban J connectivity index is 2.30. The lowest BCUT2D eigenvalue weighted by atomic mass is 10.1. The number of hydrogen-bond donors (Lipinski definition) is 1. The van der Waals surface area contributed by atoms with E-state index in [0.717, 1.165) is 22.3 Å². The highest BCUT2D eigenvalue weighted by Crippen LogP contribution is 2.34. The Morgan fingerprint density at radius 3 is 2.78 bits per heavy atom. The van der Waals surface area contributed by atoms with Crippen LogP contribution in [0.15, 0.2) is 36.0 Å². The van der Waals surface area contributed by atoms with E-state index in [1.165, 1.54) is 10.3 Å². The highest BCUT2D eigenvalue weighted by Gasteiger charge is 2.11. The number of nitrogens with two attached hydrogens (primary N) is 1. The van der Waals surface area contributed by atoms with Gasteiger partial charge in [0.25, 0.3) is 0 Å². The van der Waals surface area contributed by atoms with E-state index < -0.39 is 0 Å². The van der Waals surface area contributed by atoms with Gasteiger partial charge < -0.3 is 5.73 Å². The Labute approximate surface area is 109 Å². The second-order valence-electron chi connectivity index (χ2n) is 4.19.